The molecule has 96 valence electrons. The maximum absolute atomic E-state index is 13.2. The van der Waals surface area contributed by atoms with Crippen LogP contribution in [0.15, 0.2) is 24.3 Å². The summed E-state index contributed by atoms with van der Waals surface area (Å²) in [5.74, 6) is -0.133. The molecule has 1 heterocycles. The fraction of sp³-hybridized carbons (Fsp3) is 0.538. The number of benzene rings is 1. The van der Waals surface area contributed by atoms with Crippen LogP contribution in [0.1, 0.15) is 24.9 Å². The van der Waals surface area contributed by atoms with Crippen molar-refractivity contribution >= 4 is 12.4 Å². The van der Waals surface area contributed by atoms with E-state index in [0.717, 1.165) is 38.2 Å². The standard InChI is InChI=1S/C13H19FN2.ClH/c1-2-13(16-8-6-15-7-9-16)11-4-3-5-12(14)10-11;/h3-5,10,13,15H,2,6-9H2,1H3;1H/t13-;/m0./s1. The van der Waals surface area contributed by atoms with Crippen LogP contribution in [0.3, 0.4) is 0 Å². The molecule has 2 nitrogen and oxygen atoms in total. The van der Waals surface area contributed by atoms with Gasteiger partial charge in [0.2, 0.25) is 0 Å². The van der Waals surface area contributed by atoms with Crippen molar-refractivity contribution in [3.8, 4) is 0 Å². The summed E-state index contributed by atoms with van der Waals surface area (Å²) in [6.07, 6.45) is 1.03. The smallest absolute Gasteiger partial charge is 0.123 e. The van der Waals surface area contributed by atoms with Crippen LogP contribution in [0.25, 0.3) is 0 Å². The van der Waals surface area contributed by atoms with Gasteiger partial charge in [0.25, 0.3) is 0 Å². The van der Waals surface area contributed by atoms with Crippen molar-refractivity contribution in [2.24, 2.45) is 0 Å². The molecule has 17 heavy (non-hydrogen) atoms. The van der Waals surface area contributed by atoms with Gasteiger partial charge >= 0.3 is 0 Å². The summed E-state index contributed by atoms with van der Waals surface area (Å²) < 4.78 is 13.2. The second kappa shape index (κ2) is 6.94. The predicted octanol–water partition coefficient (Wildman–Crippen LogP) is 2.60. The zero-order valence-electron chi connectivity index (χ0n) is 10.2. The van der Waals surface area contributed by atoms with E-state index in [1.807, 2.05) is 6.07 Å². The van der Waals surface area contributed by atoms with Crippen LogP contribution >= 0.6 is 12.4 Å². The molecule has 0 aliphatic carbocycles. The fourth-order valence-corrected chi connectivity index (χ4v) is 2.41. The van der Waals surface area contributed by atoms with Crippen LogP contribution in [0.4, 0.5) is 4.39 Å². The molecular formula is C13H20ClFN2. The average molecular weight is 259 g/mol. The zero-order valence-corrected chi connectivity index (χ0v) is 11.0. The van der Waals surface area contributed by atoms with E-state index >= 15 is 0 Å². The van der Waals surface area contributed by atoms with Crippen LogP contribution in [0.2, 0.25) is 0 Å². The molecule has 1 N–H and O–H groups in total. The lowest BCUT2D eigenvalue weighted by atomic mass is 10.0. The van der Waals surface area contributed by atoms with E-state index in [0.29, 0.717) is 6.04 Å². The lowest BCUT2D eigenvalue weighted by molar-refractivity contribution is 0.169. The Balaban J connectivity index is 0.00000144. The molecule has 0 aromatic heterocycles. The summed E-state index contributed by atoms with van der Waals surface area (Å²) in [6, 6.07) is 7.36. The van der Waals surface area contributed by atoms with Crippen LogP contribution in [-0.2, 0) is 0 Å². The van der Waals surface area contributed by atoms with Crippen LogP contribution in [-0.4, -0.2) is 31.1 Å². The van der Waals surface area contributed by atoms with Crippen molar-refractivity contribution in [1.82, 2.24) is 10.2 Å². The van der Waals surface area contributed by atoms with E-state index in [9.17, 15) is 4.39 Å². The van der Waals surface area contributed by atoms with Gasteiger partial charge in [0.1, 0.15) is 5.82 Å². The minimum Gasteiger partial charge on any atom is -0.314 e. The molecule has 4 heteroatoms. The SMILES string of the molecule is CC[C@@H](c1cccc(F)c1)N1CCNCC1.Cl. The normalized spacial score (nSPS) is 18.5. The molecule has 1 aliphatic rings. The summed E-state index contributed by atoms with van der Waals surface area (Å²) in [6.45, 7) is 6.33. The third kappa shape index (κ3) is 3.66. The summed E-state index contributed by atoms with van der Waals surface area (Å²) in [5, 5.41) is 3.34. The molecular weight excluding hydrogens is 239 g/mol. The quantitative estimate of drug-likeness (QED) is 0.897. The molecule has 0 bridgehead atoms. The average Bonchev–Trinajstić information content (AvgIpc) is 2.31. The van der Waals surface area contributed by atoms with Gasteiger partial charge in [0.15, 0.2) is 0 Å². The van der Waals surface area contributed by atoms with Gasteiger partial charge in [-0.3, -0.25) is 4.90 Å². The zero-order chi connectivity index (χ0) is 11.4. The van der Waals surface area contributed by atoms with Crippen LogP contribution in [0, 0.1) is 5.82 Å². The van der Waals surface area contributed by atoms with Crippen molar-refractivity contribution in [1.29, 1.82) is 0 Å². The van der Waals surface area contributed by atoms with Crippen molar-refractivity contribution in [2.75, 3.05) is 26.2 Å². The first-order chi connectivity index (χ1) is 7.81. The highest BCUT2D eigenvalue weighted by molar-refractivity contribution is 5.85. The molecule has 1 aromatic rings. The third-order valence-corrected chi connectivity index (χ3v) is 3.21. The Hall–Kier alpha value is -0.640. The van der Waals surface area contributed by atoms with E-state index in [4.69, 9.17) is 0 Å². The highest BCUT2D eigenvalue weighted by atomic mass is 35.5. The number of halogens is 2. The van der Waals surface area contributed by atoms with E-state index in [2.05, 4.69) is 17.1 Å². The summed E-state index contributed by atoms with van der Waals surface area (Å²) in [4.78, 5) is 2.44. The van der Waals surface area contributed by atoms with Gasteiger partial charge in [-0.25, -0.2) is 4.39 Å². The lowest BCUT2D eigenvalue weighted by Gasteiger charge is -2.34. The number of piperazine rings is 1. The molecule has 1 aliphatic heterocycles. The van der Waals surface area contributed by atoms with Gasteiger partial charge < -0.3 is 5.32 Å². The molecule has 1 atom stereocenters. The number of nitrogens with one attached hydrogen (secondary N) is 1. The molecule has 0 unspecified atom stereocenters. The van der Waals surface area contributed by atoms with Gasteiger partial charge in [-0.15, -0.1) is 12.4 Å². The van der Waals surface area contributed by atoms with Crippen molar-refractivity contribution in [3.05, 3.63) is 35.6 Å². The molecule has 0 saturated carbocycles. The van der Waals surface area contributed by atoms with Gasteiger partial charge in [-0.05, 0) is 24.1 Å². The highest BCUT2D eigenvalue weighted by Gasteiger charge is 2.20. The Morgan fingerprint density at radius 2 is 2.06 bits per heavy atom. The van der Waals surface area contributed by atoms with E-state index in [-0.39, 0.29) is 18.2 Å². The molecule has 2 rings (SSSR count). The Morgan fingerprint density at radius 1 is 1.35 bits per heavy atom. The number of hydrogen-bond donors (Lipinski definition) is 1. The summed E-state index contributed by atoms with van der Waals surface area (Å²) in [7, 11) is 0. The third-order valence-electron chi connectivity index (χ3n) is 3.21. The second-order valence-electron chi connectivity index (χ2n) is 4.27. The van der Waals surface area contributed by atoms with E-state index < -0.39 is 0 Å². The van der Waals surface area contributed by atoms with Crippen molar-refractivity contribution < 1.29 is 4.39 Å². The lowest BCUT2D eigenvalue weighted by Crippen LogP contribution is -2.45. The first kappa shape index (κ1) is 14.4. The van der Waals surface area contributed by atoms with Crippen LogP contribution < -0.4 is 5.32 Å². The number of hydrogen-bond acceptors (Lipinski definition) is 2. The molecule has 1 fully saturated rings. The minimum atomic E-state index is -0.133. The highest BCUT2D eigenvalue weighted by Crippen LogP contribution is 2.24. The monoisotopic (exact) mass is 258 g/mol. The number of nitrogens with zero attached hydrogens (tertiary/aromatic N) is 1. The molecule has 0 spiro atoms. The first-order valence-electron chi connectivity index (χ1n) is 6.01. The van der Waals surface area contributed by atoms with Crippen molar-refractivity contribution in [2.45, 2.75) is 19.4 Å². The van der Waals surface area contributed by atoms with E-state index in [1.165, 1.54) is 6.07 Å². The Bertz CT molecular complexity index is 340. The Kier molecular flexibility index (Phi) is 5.89. The Labute approximate surface area is 109 Å². The number of rotatable bonds is 3. The molecule has 1 saturated heterocycles. The van der Waals surface area contributed by atoms with Crippen molar-refractivity contribution in [3.63, 3.8) is 0 Å². The maximum Gasteiger partial charge on any atom is 0.123 e. The fourth-order valence-electron chi connectivity index (χ4n) is 2.41. The second-order valence-corrected chi connectivity index (χ2v) is 4.27. The predicted molar refractivity (Wildman–Crippen MR) is 71.1 cm³/mol. The topological polar surface area (TPSA) is 15.3 Å². The van der Waals surface area contributed by atoms with E-state index in [1.54, 1.807) is 12.1 Å². The molecule has 0 radical (unpaired) electrons. The van der Waals surface area contributed by atoms with Gasteiger partial charge in [-0.1, -0.05) is 19.1 Å². The van der Waals surface area contributed by atoms with Crippen LogP contribution in [0.5, 0.6) is 0 Å². The summed E-state index contributed by atoms with van der Waals surface area (Å²) in [5.41, 5.74) is 1.10. The largest absolute Gasteiger partial charge is 0.314 e. The Morgan fingerprint density at radius 3 is 2.65 bits per heavy atom. The molecule has 0 amide bonds. The maximum atomic E-state index is 13.2. The minimum absolute atomic E-state index is 0. The summed E-state index contributed by atoms with van der Waals surface area (Å²) >= 11 is 0. The first-order valence-corrected chi connectivity index (χ1v) is 6.01. The van der Waals surface area contributed by atoms with Gasteiger partial charge in [0, 0.05) is 32.2 Å². The van der Waals surface area contributed by atoms with Gasteiger partial charge in [0.05, 0.1) is 0 Å². The van der Waals surface area contributed by atoms with Gasteiger partial charge in [-0.2, -0.15) is 0 Å². The molecule has 1 aromatic carbocycles.